The normalized spacial score (nSPS) is 13.9. The molecule has 1 aromatic carbocycles. The molecule has 1 fully saturated rings. The summed E-state index contributed by atoms with van der Waals surface area (Å²) in [6, 6.07) is 12.3. The molecule has 0 unspecified atom stereocenters. The van der Waals surface area contributed by atoms with Gasteiger partial charge in [-0.1, -0.05) is 42.1 Å². The molecule has 0 radical (unpaired) electrons. The van der Waals surface area contributed by atoms with Crippen LogP contribution in [-0.2, 0) is 6.54 Å². The zero-order valence-electron chi connectivity index (χ0n) is 14.9. The van der Waals surface area contributed by atoms with Crippen LogP contribution in [-0.4, -0.2) is 26.3 Å². The number of rotatable bonds is 7. The van der Waals surface area contributed by atoms with Crippen molar-refractivity contribution in [3.05, 3.63) is 64.8 Å². The monoisotopic (exact) mass is 367 g/mol. The van der Waals surface area contributed by atoms with Gasteiger partial charge < -0.3 is 8.98 Å². The summed E-state index contributed by atoms with van der Waals surface area (Å²) in [6.07, 6.45) is 2.25. The topological polar surface area (TPSA) is 60.9 Å². The SMILES string of the molecule is Cc1cc(C(=O)CSc2nnc(C3CC3)o2)c(C)n1Cc1ccccc1. The third-order valence-electron chi connectivity index (χ3n) is 4.73. The standard InChI is InChI=1S/C20H21N3O2S/c1-13-10-17(14(2)23(13)11-15-6-4-3-5-7-15)18(24)12-26-20-22-21-19(25-20)16-8-9-16/h3-7,10,16H,8-9,11-12H2,1-2H3. The smallest absolute Gasteiger partial charge is 0.277 e. The average molecular weight is 367 g/mol. The molecule has 0 saturated heterocycles. The van der Waals surface area contributed by atoms with E-state index < -0.39 is 0 Å². The van der Waals surface area contributed by atoms with E-state index in [1.807, 2.05) is 38.1 Å². The Morgan fingerprint density at radius 1 is 1.23 bits per heavy atom. The number of Topliss-reactive ketones (excluding diaryl/α,β-unsaturated/α-hetero) is 1. The van der Waals surface area contributed by atoms with Crippen LogP contribution >= 0.6 is 11.8 Å². The van der Waals surface area contributed by atoms with Crippen LogP contribution in [0.2, 0.25) is 0 Å². The minimum Gasteiger partial charge on any atom is -0.416 e. The van der Waals surface area contributed by atoms with Gasteiger partial charge in [0.15, 0.2) is 5.78 Å². The summed E-state index contributed by atoms with van der Waals surface area (Å²) in [6.45, 7) is 4.82. The van der Waals surface area contributed by atoms with Gasteiger partial charge in [0.1, 0.15) is 0 Å². The summed E-state index contributed by atoms with van der Waals surface area (Å²) < 4.78 is 7.80. The number of nitrogens with zero attached hydrogens (tertiary/aromatic N) is 3. The van der Waals surface area contributed by atoms with Crippen molar-refractivity contribution in [1.82, 2.24) is 14.8 Å². The molecule has 0 N–H and O–H groups in total. The fourth-order valence-corrected chi connectivity index (χ4v) is 3.72. The fourth-order valence-electron chi connectivity index (χ4n) is 3.07. The zero-order chi connectivity index (χ0) is 18.1. The van der Waals surface area contributed by atoms with Crippen LogP contribution in [0.1, 0.15) is 52.0 Å². The van der Waals surface area contributed by atoms with E-state index in [9.17, 15) is 4.79 Å². The molecular formula is C20H21N3O2S. The molecule has 2 aromatic heterocycles. The van der Waals surface area contributed by atoms with Gasteiger partial charge in [0.2, 0.25) is 5.89 Å². The number of benzene rings is 1. The van der Waals surface area contributed by atoms with Crippen LogP contribution in [0.4, 0.5) is 0 Å². The van der Waals surface area contributed by atoms with Gasteiger partial charge >= 0.3 is 0 Å². The van der Waals surface area contributed by atoms with Crippen molar-refractivity contribution in [2.45, 2.75) is 44.4 Å². The van der Waals surface area contributed by atoms with Gasteiger partial charge in [-0.3, -0.25) is 4.79 Å². The molecule has 1 aliphatic carbocycles. The fraction of sp³-hybridized carbons (Fsp3) is 0.350. The molecule has 4 rings (SSSR count). The van der Waals surface area contributed by atoms with Crippen LogP contribution in [0.15, 0.2) is 46.0 Å². The number of thioether (sulfide) groups is 1. The van der Waals surface area contributed by atoms with E-state index in [0.717, 1.165) is 36.3 Å². The molecule has 0 spiro atoms. The van der Waals surface area contributed by atoms with E-state index in [-0.39, 0.29) is 5.78 Å². The van der Waals surface area contributed by atoms with Gasteiger partial charge in [-0.05, 0) is 38.3 Å². The Labute approximate surface area is 156 Å². The van der Waals surface area contributed by atoms with Crippen molar-refractivity contribution in [3.8, 4) is 0 Å². The Morgan fingerprint density at radius 3 is 2.73 bits per heavy atom. The summed E-state index contributed by atoms with van der Waals surface area (Å²) in [4.78, 5) is 12.7. The van der Waals surface area contributed by atoms with Crippen LogP contribution in [0.5, 0.6) is 0 Å². The van der Waals surface area contributed by atoms with Gasteiger partial charge in [-0.25, -0.2) is 0 Å². The maximum absolute atomic E-state index is 12.7. The number of ketones is 1. The van der Waals surface area contributed by atoms with E-state index in [1.165, 1.54) is 17.3 Å². The Bertz CT molecular complexity index is 926. The molecule has 0 atom stereocenters. The van der Waals surface area contributed by atoms with E-state index >= 15 is 0 Å². The van der Waals surface area contributed by atoms with Gasteiger partial charge in [0, 0.05) is 29.4 Å². The molecule has 0 bridgehead atoms. The molecule has 0 amide bonds. The maximum atomic E-state index is 12.7. The highest BCUT2D eigenvalue weighted by molar-refractivity contribution is 7.99. The van der Waals surface area contributed by atoms with E-state index in [2.05, 4.69) is 26.9 Å². The third kappa shape index (κ3) is 3.60. The highest BCUT2D eigenvalue weighted by Crippen LogP contribution is 2.39. The van der Waals surface area contributed by atoms with Crippen LogP contribution in [0.3, 0.4) is 0 Å². The molecule has 3 aromatic rings. The number of hydrogen-bond acceptors (Lipinski definition) is 5. The van der Waals surface area contributed by atoms with Crippen molar-refractivity contribution in [2.24, 2.45) is 0 Å². The molecular weight excluding hydrogens is 346 g/mol. The molecule has 1 aliphatic rings. The second-order valence-electron chi connectivity index (χ2n) is 6.75. The predicted molar refractivity (Wildman–Crippen MR) is 101 cm³/mol. The van der Waals surface area contributed by atoms with Gasteiger partial charge in [-0.2, -0.15) is 0 Å². The zero-order valence-corrected chi connectivity index (χ0v) is 15.8. The van der Waals surface area contributed by atoms with E-state index in [0.29, 0.717) is 22.8 Å². The van der Waals surface area contributed by atoms with Crippen molar-refractivity contribution in [3.63, 3.8) is 0 Å². The first-order chi connectivity index (χ1) is 12.6. The molecule has 6 heteroatoms. The summed E-state index contributed by atoms with van der Waals surface area (Å²) >= 11 is 1.32. The lowest BCUT2D eigenvalue weighted by Gasteiger charge is -2.09. The molecule has 26 heavy (non-hydrogen) atoms. The summed E-state index contributed by atoms with van der Waals surface area (Å²) in [7, 11) is 0. The lowest BCUT2D eigenvalue weighted by Crippen LogP contribution is -2.07. The summed E-state index contributed by atoms with van der Waals surface area (Å²) in [5.74, 6) is 1.54. The number of aryl methyl sites for hydroxylation is 1. The first-order valence-electron chi connectivity index (χ1n) is 8.82. The first-order valence-corrected chi connectivity index (χ1v) is 9.80. The second kappa shape index (κ2) is 7.11. The largest absolute Gasteiger partial charge is 0.416 e. The Kier molecular flexibility index (Phi) is 4.68. The highest BCUT2D eigenvalue weighted by Gasteiger charge is 2.29. The molecule has 134 valence electrons. The van der Waals surface area contributed by atoms with Crippen LogP contribution in [0.25, 0.3) is 0 Å². The number of hydrogen-bond donors (Lipinski definition) is 0. The van der Waals surface area contributed by atoms with Crippen LogP contribution < -0.4 is 0 Å². The van der Waals surface area contributed by atoms with Gasteiger partial charge in [-0.15, -0.1) is 10.2 Å². The molecule has 5 nitrogen and oxygen atoms in total. The van der Waals surface area contributed by atoms with Gasteiger partial charge in [0.25, 0.3) is 5.22 Å². The number of aromatic nitrogens is 3. The first kappa shape index (κ1) is 17.1. The summed E-state index contributed by atoms with van der Waals surface area (Å²) in [5, 5.41) is 8.58. The van der Waals surface area contributed by atoms with Crippen LogP contribution in [0, 0.1) is 13.8 Å². The highest BCUT2D eigenvalue weighted by atomic mass is 32.2. The van der Waals surface area contributed by atoms with Crippen molar-refractivity contribution < 1.29 is 9.21 Å². The van der Waals surface area contributed by atoms with Crippen molar-refractivity contribution >= 4 is 17.5 Å². The minimum atomic E-state index is 0.0913. The lowest BCUT2D eigenvalue weighted by atomic mass is 10.2. The predicted octanol–water partition coefficient (Wildman–Crippen LogP) is 4.39. The molecule has 0 aliphatic heterocycles. The minimum absolute atomic E-state index is 0.0913. The molecule has 2 heterocycles. The van der Waals surface area contributed by atoms with Crippen molar-refractivity contribution in [2.75, 3.05) is 5.75 Å². The number of carbonyl (C=O) groups is 1. The quantitative estimate of drug-likeness (QED) is 0.458. The van der Waals surface area contributed by atoms with Gasteiger partial charge in [0.05, 0.1) is 5.75 Å². The Morgan fingerprint density at radius 2 is 2.00 bits per heavy atom. The number of carbonyl (C=O) groups excluding carboxylic acids is 1. The third-order valence-corrected chi connectivity index (χ3v) is 5.55. The lowest BCUT2D eigenvalue weighted by molar-refractivity contribution is 0.102. The van der Waals surface area contributed by atoms with Crippen molar-refractivity contribution in [1.29, 1.82) is 0 Å². The molecule has 1 saturated carbocycles. The second-order valence-corrected chi connectivity index (χ2v) is 7.68. The van der Waals surface area contributed by atoms with E-state index in [1.54, 1.807) is 0 Å². The average Bonchev–Trinajstić information content (AvgIpc) is 3.33. The Balaban J connectivity index is 1.44. The van der Waals surface area contributed by atoms with E-state index in [4.69, 9.17) is 4.42 Å². The maximum Gasteiger partial charge on any atom is 0.277 e. The summed E-state index contributed by atoms with van der Waals surface area (Å²) in [5.41, 5.74) is 4.09. The Hall–Kier alpha value is -2.34.